The summed E-state index contributed by atoms with van der Waals surface area (Å²) in [5.74, 6) is 0. The number of H-pyrrole nitrogens is 1. The molecule has 0 radical (unpaired) electrons. The van der Waals surface area contributed by atoms with E-state index in [0.29, 0.717) is 0 Å². The van der Waals surface area contributed by atoms with Crippen molar-refractivity contribution in [3.05, 3.63) is 36.0 Å². The first-order valence-electron chi connectivity index (χ1n) is 6.87. The number of aromatic nitrogens is 1. The summed E-state index contributed by atoms with van der Waals surface area (Å²) >= 11 is 0. The van der Waals surface area contributed by atoms with Crippen molar-refractivity contribution in [2.24, 2.45) is 0 Å². The molecule has 0 saturated carbocycles. The lowest BCUT2D eigenvalue weighted by atomic mass is 10.2. The lowest BCUT2D eigenvalue weighted by Crippen LogP contribution is -2.24. The summed E-state index contributed by atoms with van der Waals surface area (Å²) in [5, 5.41) is 8.06. The maximum Gasteiger partial charge on any atom is 0.0587 e. The third kappa shape index (κ3) is 4.67. The van der Waals surface area contributed by atoms with E-state index in [2.05, 4.69) is 45.9 Å². The molecule has 0 aliphatic carbocycles. The Kier molecular flexibility index (Phi) is 5.88. The molecular weight excluding hydrogens is 238 g/mol. The predicted molar refractivity (Wildman–Crippen MR) is 79.4 cm³/mol. The van der Waals surface area contributed by atoms with Gasteiger partial charge in [-0.1, -0.05) is 18.2 Å². The summed E-state index contributed by atoms with van der Waals surface area (Å²) < 4.78 is 4.97. The van der Waals surface area contributed by atoms with Crippen LogP contribution < -0.4 is 10.6 Å². The summed E-state index contributed by atoms with van der Waals surface area (Å²) in [4.78, 5) is 3.42. The molecule has 1 aromatic heterocycles. The average Bonchev–Trinajstić information content (AvgIpc) is 2.84. The molecule has 2 aromatic rings. The van der Waals surface area contributed by atoms with Gasteiger partial charge in [0.2, 0.25) is 0 Å². The largest absolute Gasteiger partial charge is 0.383 e. The lowest BCUT2D eigenvalue weighted by molar-refractivity contribution is 0.199. The third-order valence-corrected chi connectivity index (χ3v) is 3.09. The number of hydrogen-bond donors (Lipinski definition) is 3. The number of ether oxygens (including phenoxy) is 1. The van der Waals surface area contributed by atoms with Crippen LogP contribution in [0.3, 0.4) is 0 Å². The maximum absolute atomic E-state index is 4.97. The Bertz CT molecular complexity index is 448. The number of para-hydroxylation sites is 1. The van der Waals surface area contributed by atoms with Crippen LogP contribution in [-0.2, 0) is 11.3 Å². The van der Waals surface area contributed by atoms with Gasteiger partial charge in [0.1, 0.15) is 0 Å². The fourth-order valence-corrected chi connectivity index (χ4v) is 2.09. The normalized spacial score (nSPS) is 11.2. The van der Waals surface area contributed by atoms with Crippen LogP contribution in [0.1, 0.15) is 12.1 Å². The molecule has 1 aromatic carbocycles. The molecule has 0 unspecified atom stereocenters. The van der Waals surface area contributed by atoms with Gasteiger partial charge in [0, 0.05) is 31.4 Å². The topological polar surface area (TPSA) is 49.1 Å². The molecule has 1 heterocycles. The van der Waals surface area contributed by atoms with Gasteiger partial charge < -0.3 is 20.4 Å². The minimum atomic E-state index is 0.780. The highest BCUT2D eigenvalue weighted by Crippen LogP contribution is 2.14. The second kappa shape index (κ2) is 7.94. The summed E-state index contributed by atoms with van der Waals surface area (Å²) in [6.07, 6.45) is 1.13. The van der Waals surface area contributed by atoms with Gasteiger partial charge in [-0.15, -0.1) is 0 Å². The van der Waals surface area contributed by atoms with Crippen LogP contribution in [0.5, 0.6) is 0 Å². The third-order valence-electron chi connectivity index (χ3n) is 3.09. The molecule has 0 spiro atoms. The highest BCUT2D eigenvalue weighted by molar-refractivity contribution is 5.80. The second-order valence-electron chi connectivity index (χ2n) is 4.65. The minimum absolute atomic E-state index is 0.780. The standard InChI is InChI=1S/C15H23N3O/c1-19-10-9-16-7-4-8-17-12-14-11-13-5-2-3-6-15(13)18-14/h2-3,5-6,11,16-18H,4,7-10,12H2,1H3. The molecule has 4 nitrogen and oxygen atoms in total. The first-order chi connectivity index (χ1) is 9.40. The van der Waals surface area contributed by atoms with Crippen LogP contribution in [0.2, 0.25) is 0 Å². The van der Waals surface area contributed by atoms with E-state index in [-0.39, 0.29) is 0 Å². The van der Waals surface area contributed by atoms with Crippen LogP contribution >= 0.6 is 0 Å². The number of rotatable bonds is 9. The van der Waals surface area contributed by atoms with Crippen LogP contribution in [-0.4, -0.2) is 38.3 Å². The van der Waals surface area contributed by atoms with E-state index in [1.54, 1.807) is 7.11 Å². The fraction of sp³-hybridized carbons (Fsp3) is 0.467. The van der Waals surface area contributed by atoms with Crippen molar-refractivity contribution < 1.29 is 4.74 Å². The monoisotopic (exact) mass is 261 g/mol. The van der Waals surface area contributed by atoms with Crippen LogP contribution in [0.4, 0.5) is 0 Å². The van der Waals surface area contributed by atoms with Crippen LogP contribution in [0.15, 0.2) is 30.3 Å². The molecule has 0 bridgehead atoms. The zero-order valence-electron chi connectivity index (χ0n) is 11.5. The van der Waals surface area contributed by atoms with Crippen molar-refractivity contribution in [3.63, 3.8) is 0 Å². The number of hydrogen-bond acceptors (Lipinski definition) is 3. The number of aromatic amines is 1. The molecule has 19 heavy (non-hydrogen) atoms. The average molecular weight is 261 g/mol. The highest BCUT2D eigenvalue weighted by Gasteiger charge is 1.98. The zero-order valence-corrected chi connectivity index (χ0v) is 11.5. The van der Waals surface area contributed by atoms with Crippen molar-refractivity contribution in [2.75, 3.05) is 33.4 Å². The maximum atomic E-state index is 4.97. The van der Waals surface area contributed by atoms with Crippen LogP contribution in [0.25, 0.3) is 10.9 Å². The van der Waals surface area contributed by atoms with Crippen molar-refractivity contribution in [2.45, 2.75) is 13.0 Å². The SMILES string of the molecule is COCCNCCCNCc1cc2ccccc2[nH]1. The summed E-state index contributed by atoms with van der Waals surface area (Å²) in [7, 11) is 1.73. The fourth-order valence-electron chi connectivity index (χ4n) is 2.09. The van der Waals surface area contributed by atoms with Gasteiger partial charge >= 0.3 is 0 Å². The Hall–Kier alpha value is -1.36. The van der Waals surface area contributed by atoms with E-state index in [1.165, 1.54) is 16.6 Å². The van der Waals surface area contributed by atoms with Gasteiger partial charge in [-0.2, -0.15) is 0 Å². The molecule has 0 atom stereocenters. The first kappa shape index (κ1) is 14.1. The predicted octanol–water partition coefficient (Wildman–Crippen LogP) is 1.88. The van der Waals surface area contributed by atoms with Crippen LogP contribution in [0, 0.1) is 0 Å². The Morgan fingerprint density at radius 2 is 1.95 bits per heavy atom. The molecular formula is C15H23N3O. The molecule has 0 fully saturated rings. The first-order valence-corrected chi connectivity index (χ1v) is 6.87. The quantitative estimate of drug-likeness (QED) is 0.604. The molecule has 0 aliphatic rings. The molecule has 3 N–H and O–H groups in total. The van der Waals surface area contributed by atoms with E-state index in [0.717, 1.165) is 39.2 Å². The number of methoxy groups -OCH3 is 1. The number of fused-ring (bicyclic) bond motifs is 1. The number of benzene rings is 1. The summed E-state index contributed by atoms with van der Waals surface area (Å²) in [6.45, 7) is 4.66. The van der Waals surface area contributed by atoms with Crippen molar-refractivity contribution >= 4 is 10.9 Å². The van der Waals surface area contributed by atoms with Gasteiger partial charge in [0.25, 0.3) is 0 Å². The molecule has 0 aliphatic heterocycles. The van der Waals surface area contributed by atoms with Gasteiger partial charge in [0.05, 0.1) is 6.61 Å². The van der Waals surface area contributed by atoms with Gasteiger partial charge in [-0.3, -0.25) is 0 Å². The second-order valence-corrected chi connectivity index (χ2v) is 4.65. The minimum Gasteiger partial charge on any atom is -0.383 e. The van der Waals surface area contributed by atoms with E-state index in [1.807, 2.05) is 0 Å². The number of nitrogens with one attached hydrogen (secondary N) is 3. The summed E-state index contributed by atoms with van der Waals surface area (Å²) in [6, 6.07) is 10.6. The lowest BCUT2D eigenvalue weighted by Gasteiger charge is -2.05. The zero-order chi connectivity index (χ0) is 13.3. The van der Waals surface area contributed by atoms with E-state index in [4.69, 9.17) is 4.74 Å². The Morgan fingerprint density at radius 3 is 2.79 bits per heavy atom. The molecule has 0 amide bonds. The van der Waals surface area contributed by atoms with E-state index < -0.39 is 0 Å². The van der Waals surface area contributed by atoms with E-state index >= 15 is 0 Å². The van der Waals surface area contributed by atoms with E-state index in [9.17, 15) is 0 Å². The molecule has 104 valence electrons. The van der Waals surface area contributed by atoms with Crippen molar-refractivity contribution in [1.82, 2.24) is 15.6 Å². The molecule has 0 saturated heterocycles. The van der Waals surface area contributed by atoms with Gasteiger partial charge in [0.15, 0.2) is 0 Å². The Balaban J connectivity index is 1.60. The summed E-state index contributed by atoms with van der Waals surface area (Å²) in [5.41, 5.74) is 2.45. The molecule has 4 heteroatoms. The molecule has 2 rings (SSSR count). The van der Waals surface area contributed by atoms with Gasteiger partial charge in [-0.25, -0.2) is 0 Å². The Labute approximate surface area is 114 Å². The highest BCUT2D eigenvalue weighted by atomic mass is 16.5. The Morgan fingerprint density at radius 1 is 1.11 bits per heavy atom. The smallest absolute Gasteiger partial charge is 0.0587 e. The van der Waals surface area contributed by atoms with Crippen molar-refractivity contribution in [3.8, 4) is 0 Å². The van der Waals surface area contributed by atoms with Gasteiger partial charge in [-0.05, 0) is 37.0 Å². The van der Waals surface area contributed by atoms with Crippen molar-refractivity contribution in [1.29, 1.82) is 0 Å².